The Morgan fingerprint density at radius 2 is 1.81 bits per heavy atom. The van der Waals surface area contributed by atoms with Crippen molar-refractivity contribution in [3.63, 3.8) is 0 Å². The molecule has 1 N–H and O–H groups in total. The Bertz CT molecular complexity index is 1170. The van der Waals surface area contributed by atoms with E-state index in [1.807, 2.05) is 57.2 Å². The number of nitrogens with zero attached hydrogens (tertiary/aromatic N) is 4. The highest BCUT2D eigenvalue weighted by Gasteiger charge is 2.22. The van der Waals surface area contributed by atoms with Crippen molar-refractivity contribution in [2.75, 3.05) is 33.2 Å². The van der Waals surface area contributed by atoms with Crippen LogP contribution in [0.2, 0.25) is 0 Å². The highest BCUT2D eigenvalue weighted by atomic mass is 79.9. The Labute approximate surface area is 227 Å². The summed E-state index contributed by atoms with van der Waals surface area (Å²) in [4.78, 5) is 22.0. The summed E-state index contributed by atoms with van der Waals surface area (Å²) in [5.41, 5.74) is 2.65. The SMILES string of the molecule is CN1CCN(Cc2cccc(-c3noc(CC(Cc4ccc(Br)cc4)NC(=O)OC(C)(C)C)n3)c2)CC1. The number of benzene rings is 2. The van der Waals surface area contributed by atoms with Gasteiger partial charge in [0.05, 0.1) is 0 Å². The molecule has 2 heterocycles. The van der Waals surface area contributed by atoms with E-state index < -0.39 is 11.7 Å². The van der Waals surface area contributed by atoms with E-state index in [0.717, 1.165) is 48.3 Å². The molecule has 0 radical (unpaired) electrons. The van der Waals surface area contributed by atoms with E-state index >= 15 is 0 Å². The number of amides is 1. The summed E-state index contributed by atoms with van der Waals surface area (Å²) >= 11 is 3.47. The standard InChI is InChI=1S/C28H36BrN5O3/c1-28(2,3)36-27(35)30-24(17-20-8-10-23(29)11-9-20)18-25-31-26(32-37-25)22-7-5-6-21(16-22)19-34-14-12-33(4)13-15-34/h5-11,16,24H,12-15,17-19H2,1-4H3,(H,30,35). The Hall–Kier alpha value is -2.75. The van der Waals surface area contributed by atoms with Gasteiger partial charge in [0, 0.05) is 55.2 Å². The van der Waals surface area contributed by atoms with Gasteiger partial charge in [0.1, 0.15) is 5.60 Å². The summed E-state index contributed by atoms with van der Waals surface area (Å²) in [7, 11) is 2.16. The number of aromatic nitrogens is 2. The maximum absolute atomic E-state index is 12.5. The quantitative estimate of drug-likeness (QED) is 0.412. The average Bonchev–Trinajstić information content (AvgIpc) is 3.29. The predicted molar refractivity (Wildman–Crippen MR) is 147 cm³/mol. The zero-order chi connectivity index (χ0) is 26.4. The van der Waals surface area contributed by atoms with Crippen LogP contribution in [0.15, 0.2) is 57.5 Å². The van der Waals surface area contributed by atoms with Gasteiger partial charge in [-0.2, -0.15) is 4.98 Å². The van der Waals surface area contributed by atoms with Crippen LogP contribution in [-0.2, 0) is 24.1 Å². The molecule has 198 valence electrons. The smallest absolute Gasteiger partial charge is 0.407 e. The summed E-state index contributed by atoms with van der Waals surface area (Å²) in [5.74, 6) is 1.02. The van der Waals surface area contributed by atoms with Crippen molar-refractivity contribution in [3.05, 3.63) is 70.0 Å². The number of carbonyl (C=O) groups excluding carboxylic acids is 1. The molecular weight excluding hydrogens is 534 g/mol. The van der Waals surface area contributed by atoms with Gasteiger partial charge in [0.25, 0.3) is 0 Å². The number of carbonyl (C=O) groups is 1. The molecule has 1 unspecified atom stereocenters. The molecule has 3 aromatic rings. The summed E-state index contributed by atoms with van der Waals surface area (Å²) < 4.78 is 12.1. The number of hydrogen-bond acceptors (Lipinski definition) is 7. The van der Waals surface area contributed by atoms with E-state index in [-0.39, 0.29) is 6.04 Å². The normalized spacial score (nSPS) is 15.9. The number of nitrogens with one attached hydrogen (secondary N) is 1. The van der Waals surface area contributed by atoms with Crippen molar-refractivity contribution in [1.82, 2.24) is 25.3 Å². The molecule has 1 aliphatic rings. The van der Waals surface area contributed by atoms with Gasteiger partial charge in [-0.3, -0.25) is 4.90 Å². The van der Waals surface area contributed by atoms with Gasteiger partial charge < -0.3 is 19.5 Å². The van der Waals surface area contributed by atoms with Crippen LogP contribution in [0.3, 0.4) is 0 Å². The molecule has 1 atom stereocenters. The number of ether oxygens (including phenoxy) is 1. The molecule has 8 nitrogen and oxygen atoms in total. The molecule has 37 heavy (non-hydrogen) atoms. The highest BCUT2D eigenvalue weighted by Crippen LogP contribution is 2.20. The zero-order valence-electron chi connectivity index (χ0n) is 22.0. The Morgan fingerprint density at radius 3 is 2.51 bits per heavy atom. The van der Waals surface area contributed by atoms with Crippen LogP contribution in [0.4, 0.5) is 4.79 Å². The minimum absolute atomic E-state index is 0.270. The van der Waals surface area contributed by atoms with E-state index in [9.17, 15) is 4.79 Å². The molecule has 1 saturated heterocycles. The van der Waals surface area contributed by atoms with Gasteiger partial charge in [-0.25, -0.2) is 4.79 Å². The number of alkyl carbamates (subject to hydrolysis) is 1. The van der Waals surface area contributed by atoms with Crippen LogP contribution < -0.4 is 5.32 Å². The second kappa shape index (κ2) is 12.2. The molecule has 4 rings (SSSR count). The largest absolute Gasteiger partial charge is 0.444 e. The lowest BCUT2D eigenvalue weighted by atomic mass is 10.0. The Morgan fingerprint density at radius 1 is 1.08 bits per heavy atom. The first kappa shape index (κ1) is 27.3. The highest BCUT2D eigenvalue weighted by molar-refractivity contribution is 9.10. The topological polar surface area (TPSA) is 83.7 Å². The monoisotopic (exact) mass is 569 g/mol. The third-order valence-electron chi connectivity index (χ3n) is 6.19. The summed E-state index contributed by atoms with van der Waals surface area (Å²) in [5, 5.41) is 7.22. The van der Waals surface area contributed by atoms with Crippen molar-refractivity contribution < 1.29 is 14.1 Å². The molecule has 0 saturated carbocycles. The van der Waals surface area contributed by atoms with E-state index in [0.29, 0.717) is 24.6 Å². The molecule has 9 heteroatoms. The molecule has 1 amide bonds. The van der Waals surface area contributed by atoms with E-state index in [1.54, 1.807) is 0 Å². The first-order valence-electron chi connectivity index (χ1n) is 12.7. The number of hydrogen-bond donors (Lipinski definition) is 1. The number of halogens is 1. The van der Waals surface area contributed by atoms with Crippen LogP contribution in [0.25, 0.3) is 11.4 Å². The van der Waals surface area contributed by atoms with Gasteiger partial charge in [-0.15, -0.1) is 0 Å². The van der Waals surface area contributed by atoms with E-state index in [1.165, 1.54) is 5.56 Å². The number of likely N-dealkylation sites (N-methyl/N-ethyl adjacent to an activating group) is 1. The van der Waals surface area contributed by atoms with Gasteiger partial charge >= 0.3 is 6.09 Å². The van der Waals surface area contributed by atoms with Crippen LogP contribution in [0.5, 0.6) is 0 Å². The molecule has 1 aromatic heterocycles. The molecule has 2 aromatic carbocycles. The molecule has 1 fully saturated rings. The summed E-state index contributed by atoms with van der Waals surface area (Å²) in [6.07, 6.45) is 0.527. The average molecular weight is 571 g/mol. The molecule has 0 bridgehead atoms. The second-order valence-corrected chi connectivity index (χ2v) is 11.6. The zero-order valence-corrected chi connectivity index (χ0v) is 23.6. The molecule has 1 aliphatic heterocycles. The van der Waals surface area contributed by atoms with Gasteiger partial charge in [-0.1, -0.05) is 51.4 Å². The Balaban J connectivity index is 1.44. The second-order valence-electron chi connectivity index (χ2n) is 10.7. The van der Waals surface area contributed by atoms with E-state index in [2.05, 4.69) is 60.4 Å². The maximum atomic E-state index is 12.5. The lowest BCUT2D eigenvalue weighted by Gasteiger charge is -2.32. The number of piperazine rings is 1. The van der Waals surface area contributed by atoms with Crippen molar-refractivity contribution in [1.29, 1.82) is 0 Å². The number of rotatable bonds is 8. The van der Waals surface area contributed by atoms with Crippen molar-refractivity contribution >= 4 is 22.0 Å². The molecule has 0 spiro atoms. The summed E-state index contributed by atoms with van der Waals surface area (Å²) in [6, 6.07) is 16.1. The maximum Gasteiger partial charge on any atom is 0.407 e. The fourth-order valence-electron chi connectivity index (χ4n) is 4.29. The van der Waals surface area contributed by atoms with Crippen molar-refractivity contribution in [3.8, 4) is 11.4 Å². The minimum atomic E-state index is -0.584. The lowest BCUT2D eigenvalue weighted by molar-refractivity contribution is 0.0502. The fraction of sp³-hybridized carbons (Fsp3) is 0.464. The Kier molecular flexibility index (Phi) is 9.00. The van der Waals surface area contributed by atoms with Crippen molar-refractivity contribution in [2.45, 2.75) is 51.8 Å². The van der Waals surface area contributed by atoms with Crippen molar-refractivity contribution in [2.24, 2.45) is 0 Å². The van der Waals surface area contributed by atoms with Gasteiger partial charge in [-0.05, 0) is 63.6 Å². The summed E-state index contributed by atoms with van der Waals surface area (Å²) in [6.45, 7) is 10.8. The predicted octanol–water partition coefficient (Wildman–Crippen LogP) is 4.93. The van der Waals surface area contributed by atoms with Crippen LogP contribution in [0, 0.1) is 0 Å². The first-order chi connectivity index (χ1) is 17.6. The van der Waals surface area contributed by atoms with Gasteiger partial charge in [0.2, 0.25) is 11.7 Å². The van der Waals surface area contributed by atoms with Gasteiger partial charge in [0.15, 0.2) is 0 Å². The van der Waals surface area contributed by atoms with Crippen LogP contribution in [-0.4, -0.2) is 70.9 Å². The first-order valence-corrected chi connectivity index (χ1v) is 13.5. The molecule has 0 aliphatic carbocycles. The minimum Gasteiger partial charge on any atom is -0.444 e. The fourth-order valence-corrected chi connectivity index (χ4v) is 4.56. The van der Waals surface area contributed by atoms with Crippen LogP contribution in [0.1, 0.15) is 37.8 Å². The van der Waals surface area contributed by atoms with E-state index in [4.69, 9.17) is 9.26 Å². The third-order valence-corrected chi connectivity index (χ3v) is 6.72. The van der Waals surface area contributed by atoms with Crippen LogP contribution >= 0.6 is 15.9 Å². The third kappa shape index (κ3) is 8.66. The molecular formula is C28H36BrN5O3. The lowest BCUT2D eigenvalue weighted by Crippen LogP contribution is -2.43.